The average Bonchev–Trinajstić information content (AvgIpc) is 3.52. The molecule has 1 atom stereocenters. The minimum atomic E-state index is -0.0171. The van der Waals surface area contributed by atoms with Crippen molar-refractivity contribution in [2.24, 2.45) is 13.0 Å². The topological polar surface area (TPSA) is 106 Å². The summed E-state index contributed by atoms with van der Waals surface area (Å²) in [6, 6.07) is 7.85. The van der Waals surface area contributed by atoms with Gasteiger partial charge in [0.1, 0.15) is 17.8 Å². The van der Waals surface area contributed by atoms with Crippen molar-refractivity contribution >= 4 is 39.9 Å². The molecule has 0 spiro atoms. The van der Waals surface area contributed by atoms with Crippen LogP contribution in [0.15, 0.2) is 36.7 Å². The van der Waals surface area contributed by atoms with E-state index < -0.39 is 0 Å². The zero-order chi connectivity index (χ0) is 24.5. The van der Waals surface area contributed by atoms with Crippen LogP contribution in [0.4, 0.5) is 11.5 Å². The molecule has 1 fully saturated rings. The number of fused-ring (bicyclic) bond motifs is 1. The fourth-order valence-corrected chi connectivity index (χ4v) is 5.37. The first-order valence-electron chi connectivity index (χ1n) is 12.4. The lowest BCUT2D eigenvalue weighted by Gasteiger charge is -2.26. The summed E-state index contributed by atoms with van der Waals surface area (Å²) in [5.74, 6) is 0.778. The zero-order valence-electron chi connectivity index (χ0n) is 20.4. The number of anilines is 2. The monoisotopic (exact) mass is 472 g/mol. The Balaban J connectivity index is 1.53. The molecular weight excluding hydrogens is 440 g/mol. The molecule has 3 heterocycles. The highest BCUT2D eigenvalue weighted by atomic mass is 16.2. The van der Waals surface area contributed by atoms with Crippen LogP contribution in [0.5, 0.6) is 0 Å². The van der Waals surface area contributed by atoms with Crippen LogP contribution in [-0.4, -0.2) is 44.3 Å². The van der Waals surface area contributed by atoms with Gasteiger partial charge in [-0.2, -0.15) is 0 Å². The number of nitrogens with zero attached hydrogens (tertiary/aromatic N) is 4. The molecule has 1 aliphatic heterocycles. The number of rotatable bonds is 5. The van der Waals surface area contributed by atoms with Crippen molar-refractivity contribution in [3.05, 3.63) is 42.2 Å². The summed E-state index contributed by atoms with van der Waals surface area (Å²) < 4.78 is 2.06. The normalized spacial score (nSPS) is 18.1. The molecule has 1 aliphatic carbocycles. The summed E-state index contributed by atoms with van der Waals surface area (Å²) in [6.07, 6.45) is 8.72. The SMILES string of the molecule is CCC(=O)Nc1ccc(-c2c(C3=CC[C@H](C(=O)N4CCCC4)CC3)c3c(N)ncnc3n2C)cc1. The minimum absolute atomic E-state index is 0.0171. The highest BCUT2D eigenvalue weighted by molar-refractivity contribution is 6.04. The molecule has 3 aromatic rings. The lowest BCUT2D eigenvalue weighted by molar-refractivity contribution is -0.134. The van der Waals surface area contributed by atoms with Crippen molar-refractivity contribution in [2.75, 3.05) is 24.1 Å². The number of carbonyl (C=O) groups is 2. The van der Waals surface area contributed by atoms with E-state index in [2.05, 4.69) is 25.9 Å². The maximum atomic E-state index is 13.0. The third kappa shape index (κ3) is 4.29. The molecule has 182 valence electrons. The van der Waals surface area contributed by atoms with Crippen molar-refractivity contribution in [3.8, 4) is 11.3 Å². The highest BCUT2D eigenvalue weighted by Crippen LogP contribution is 2.43. The van der Waals surface area contributed by atoms with Crippen LogP contribution < -0.4 is 11.1 Å². The van der Waals surface area contributed by atoms with Gasteiger partial charge in [-0.1, -0.05) is 25.1 Å². The standard InChI is InChI=1S/C27H32N6O2/c1-3-21(34)31-20-12-10-18(11-13-20)24-22(23-25(28)29-16-30-26(23)32(24)2)17-6-8-19(9-7-17)27(35)33-14-4-5-15-33/h6,10-13,16,19H,3-5,7-9,14-15H2,1-2H3,(H,31,34)(H2,28,29,30)/t19-/m0/s1. The molecule has 1 aromatic carbocycles. The summed E-state index contributed by atoms with van der Waals surface area (Å²) in [5.41, 5.74) is 12.2. The summed E-state index contributed by atoms with van der Waals surface area (Å²) in [7, 11) is 1.99. The van der Waals surface area contributed by atoms with Gasteiger partial charge in [-0.15, -0.1) is 0 Å². The number of likely N-dealkylation sites (tertiary alicyclic amines) is 1. The van der Waals surface area contributed by atoms with Crippen LogP contribution in [0.25, 0.3) is 27.9 Å². The second kappa shape index (κ2) is 9.52. The van der Waals surface area contributed by atoms with E-state index in [9.17, 15) is 9.59 Å². The smallest absolute Gasteiger partial charge is 0.226 e. The van der Waals surface area contributed by atoms with Crippen molar-refractivity contribution in [1.82, 2.24) is 19.4 Å². The average molecular weight is 473 g/mol. The molecular formula is C27H32N6O2. The Hall–Kier alpha value is -3.68. The van der Waals surface area contributed by atoms with E-state index in [1.165, 1.54) is 11.9 Å². The fourth-order valence-electron chi connectivity index (χ4n) is 5.37. The quantitative estimate of drug-likeness (QED) is 0.573. The molecule has 0 saturated carbocycles. The highest BCUT2D eigenvalue weighted by Gasteiger charge is 2.30. The van der Waals surface area contributed by atoms with Crippen LogP contribution in [-0.2, 0) is 16.6 Å². The lowest BCUT2D eigenvalue weighted by Crippen LogP contribution is -2.34. The number of allylic oxidation sites excluding steroid dienone is 2. The molecule has 8 nitrogen and oxygen atoms in total. The van der Waals surface area contributed by atoms with Gasteiger partial charge in [0.25, 0.3) is 0 Å². The molecule has 1 saturated heterocycles. The Morgan fingerprint density at radius 2 is 1.89 bits per heavy atom. The first-order chi connectivity index (χ1) is 17.0. The van der Waals surface area contributed by atoms with Crippen molar-refractivity contribution in [3.63, 3.8) is 0 Å². The molecule has 0 radical (unpaired) electrons. The zero-order valence-corrected chi connectivity index (χ0v) is 20.4. The maximum absolute atomic E-state index is 13.0. The van der Waals surface area contributed by atoms with Crippen molar-refractivity contribution in [1.29, 1.82) is 0 Å². The Bertz CT molecular complexity index is 1300. The lowest BCUT2D eigenvalue weighted by atomic mass is 9.84. The van der Waals surface area contributed by atoms with Crippen LogP contribution in [0.1, 0.15) is 51.0 Å². The number of aryl methyl sites for hydroxylation is 1. The Morgan fingerprint density at radius 3 is 2.54 bits per heavy atom. The first kappa shape index (κ1) is 23.1. The van der Waals surface area contributed by atoms with Crippen molar-refractivity contribution in [2.45, 2.75) is 45.4 Å². The number of carbonyl (C=O) groups excluding carboxylic acids is 2. The van der Waals surface area contributed by atoms with E-state index in [1.54, 1.807) is 0 Å². The van der Waals surface area contributed by atoms with E-state index >= 15 is 0 Å². The molecule has 35 heavy (non-hydrogen) atoms. The van der Waals surface area contributed by atoms with E-state index in [1.807, 2.05) is 43.1 Å². The van der Waals surface area contributed by atoms with E-state index in [-0.39, 0.29) is 11.8 Å². The number of nitrogens with two attached hydrogens (primary N) is 1. The van der Waals surface area contributed by atoms with Crippen LogP contribution in [0, 0.1) is 5.92 Å². The molecule has 5 rings (SSSR count). The van der Waals surface area contributed by atoms with Crippen LogP contribution in [0.2, 0.25) is 0 Å². The molecule has 0 unspecified atom stereocenters. The van der Waals surface area contributed by atoms with E-state index in [0.29, 0.717) is 18.1 Å². The largest absolute Gasteiger partial charge is 0.383 e. The second-order valence-electron chi connectivity index (χ2n) is 9.45. The van der Waals surface area contributed by atoms with Gasteiger partial charge in [0.05, 0.1) is 11.1 Å². The van der Waals surface area contributed by atoms with Gasteiger partial charge in [-0.3, -0.25) is 9.59 Å². The predicted molar refractivity (Wildman–Crippen MR) is 138 cm³/mol. The Morgan fingerprint density at radius 1 is 1.14 bits per heavy atom. The van der Waals surface area contributed by atoms with E-state index in [4.69, 9.17) is 5.73 Å². The third-order valence-corrected chi connectivity index (χ3v) is 7.26. The molecule has 0 bridgehead atoms. The van der Waals surface area contributed by atoms with Gasteiger partial charge in [-0.25, -0.2) is 9.97 Å². The maximum Gasteiger partial charge on any atom is 0.226 e. The second-order valence-corrected chi connectivity index (χ2v) is 9.45. The van der Waals surface area contributed by atoms with Gasteiger partial charge in [0.15, 0.2) is 0 Å². The number of amides is 2. The summed E-state index contributed by atoms with van der Waals surface area (Å²) in [6.45, 7) is 3.61. The number of hydrogen-bond donors (Lipinski definition) is 2. The summed E-state index contributed by atoms with van der Waals surface area (Å²) in [5, 5.41) is 3.75. The molecule has 3 N–H and O–H groups in total. The Labute approximate surface area is 205 Å². The van der Waals surface area contributed by atoms with E-state index in [0.717, 1.165) is 78.7 Å². The van der Waals surface area contributed by atoms with Crippen molar-refractivity contribution < 1.29 is 9.59 Å². The first-order valence-corrected chi connectivity index (χ1v) is 12.4. The molecule has 2 aliphatic rings. The number of nitrogens with one attached hydrogen (secondary N) is 1. The summed E-state index contributed by atoms with van der Waals surface area (Å²) in [4.78, 5) is 35.6. The Kier molecular flexibility index (Phi) is 6.28. The number of aromatic nitrogens is 3. The molecule has 2 aromatic heterocycles. The number of benzene rings is 1. The fraction of sp³-hybridized carbons (Fsp3) is 0.407. The van der Waals surface area contributed by atoms with Gasteiger partial charge in [0, 0.05) is 43.7 Å². The van der Waals surface area contributed by atoms with Crippen LogP contribution in [0.3, 0.4) is 0 Å². The number of hydrogen-bond acceptors (Lipinski definition) is 5. The van der Waals surface area contributed by atoms with Gasteiger partial charge >= 0.3 is 0 Å². The van der Waals surface area contributed by atoms with Gasteiger partial charge in [0.2, 0.25) is 11.8 Å². The van der Waals surface area contributed by atoms with Crippen LogP contribution >= 0.6 is 0 Å². The van der Waals surface area contributed by atoms with Gasteiger partial charge < -0.3 is 20.5 Å². The third-order valence-electron chi connectivity index (χ3n) is 7.26. The molecule has 8 heteroatoms. The summed E-state index contributed by atoms with van der Waals surface area (Å²) >= 11 is 0. The number of nitrogen functional groups attached to an aromatic ring is 1. The predicted octanol–water partition coefficient (Wildman–Crippen LogP) is 4.37. The minimum Gasteiger partial charge on any atom is -0.383 e. The van der Waals surface area contributed by atoms with Gasteiger partial charge in [-0.05, 0) is 55.4 Å². The molecule has 2 amide bonds.